The highest BCUT2D eigenvalue weighted by atomic mass is 79.9. The Hall–Kier alpha value is -3.02. The number of aliphatic hydroxyl groups excluding tert-OH is 1. The maximum atomic E-state index is 14.6. The van der Waals surface area contributed by atoms with Crippen LogP contribution >= 0.6 is 15.9 Å². The van der Waals surface area contributed by atoms with Gasteiger partial charge >= 0.3 is 5.97 Å². The van der Waals surface area contributed by atoms with Crippen molar-refractivity contribution in [3.63, 3.8) is 0 Å². The van der Waals surface area contributed by atoms with Crippen LogP contribution in [0.1, 0.15) is 72.0 Å². The number of fused-ring (bicyclic) bond motifs is 1. The molecule has 0 aliphatic carbocycles. The molecule has 3 aliphatic rings. The van der Waals surface area contributed by atoms with Gasteiger partial charge in [0.15, 0.2) is 0 Å². The number of amides is 3. The van der Waals surface area contributed by atoms with Gasteiger partial charge in [0.25, 0.3) is 0 Å². The van der Waals surface area contributed by atoms with Gasteiger partial charge in [-0.15, -0.1) is 13.2 Å². The number of benzene rings is 1. The van der Waals surface area contributed by atoms with Crippen LogP contribution < -0.4 is 5.32 Å². The second kappa shape index (κ2) is 14.4. The molecule has 252 valence electrons. The zero-order valence-electron chi connectivity index (χ0n) is 27.5. The van der Waals surface area contributed by atoms with Gasteiger partial charge in [-0.2, -0.15) is 0 Å². The first kappa shape index (κ1) is 35.8. The number of aliphatic hydroxyl groups is 1. The van der Waals surface area contributed by atoms with E-state index in [1.807, 2.05) is 58.0 Å². The van der Waals surface area contributed by atoms with E-state index < -0.39 is 65.2 Å². The van der Waals surface area contributed by atoms with E-state index in [4.69, 9.17) is 9.47 Å². The number of nitrogens with zero attached hydrogens (tertiary/aromatic N) is 2. The number of halogens is 1. The van der Waals surface area contributed by atoms with E-state index in [0.717, 1.165) is 0 Å². The number of ether oxygens (including phenoxy) is 2. The average Bonchev–Trinajstić information content (AvgIpc) is 3.61. The molecule has 3 heterocycles. The summed E-state index contributed by atoms with van der Waals surface area (Å²) in [6.45, 7) is 16.8. The minimum atomic E-state index is -1.31. The van der Waals surface area contributed by atoms with Gasteiger partial charge in [-0.1, -0.05) is 65.3 Å². The third-order valence-corrected chi connectivity index (χ3v) is 10.3. The SMILES string of the molecule is C=CCCC(=O)N[C@@H](C)[C@H](OC(=O)[C@H]1[C@@H]2O[C@@]3(CC2Br)[C@@H]1C(=O)N([C@@H](CC)CO)[C@@H]3C(=O)N(CC=C)C(C)(C)C)c1ccccc1. The van der Waals surface area contributed by atoms with E-state index in [1.165, 1.54) is 4.90 Å². The fraction of sp³-hybridized carbons (Fsp3) is 0.600. The van der Waals surface area contributed by atoms with Crippen LogP contribution in [0.25, 0.3) is 0 Å². The molecule has 1 spiro atoms. The van der Waals surface area contributed by atoms with Crippen LogP contribution in [0.15, 0.2) is 55.6 Å². The Labute approximate surface area is 280 Å². The minimum absolute atomic E-state index is 0.201. The lowest BCUT2D eigenvalue weighted by atomic mass is 9.70. The van der Waals surface area contributed by atoms with E-state index in [1.54, 1.807) is 24.0 Å². The number of esters is 1. The third kappa shape index (κ3) is 6.55. The van der Waals surface area contributed by atoms with E-state index in [-0.39, 0.29) is 36.2 Å². The summed E-state index contributed by atoms with van der Waals surface area (Å²) in [4.78, 5) is 58.8. The molecule has 1 aromatic carbocycles. The lowest BCUT2D eigenvalue weighted by Crippen LogP contribution is -2.61. The van der Waals surface area contributed by atoms with E-state index >= 15 is 0 Å². The van der Waals surface area contributed by atoms with Gasteiger partial charge in [0, 0.05) is 23.3 Å². The Morgan fingerprint density at radius 3 is 2.48 bits per heavy atom. The molecule has 0 saturated carbocycles. The van der Waals surface area contributed by atoms with Gasteiger partial charge in [0.1, 0.15) is 17.7 Å². The molecule has 3 amide bonds. The Morgan fingerprint density at radius 2 is 1.91 bits per heavy atom. The fourth-order valence-corrected chi connectivity index (χ4v) is 8.28. The second-order valence-electron chi connectivity index (χ2n) is 13.5. The molecule has 3 aliphatic heterocycles. The number of rotatable bonds is 14. The Bertz CT molecular complexity index is 1310. The van der Waals surface area contributed by atoms with Crippen molar-refractivity contribution < 1.29 is 33.8 Å². The largest absolute Gasteiger partial charge is 0.455 e. The van der Waals surface area contributed by atoms with Crippen LogP contribution in [0.4, 0.5) is 0 Å². The molecule has 11 heteroatoms. The van der Waals surface area contributed by atoms with Crippen LogP contribution in [0.3, 0.4) is 0 Å². The highest BCUT2D eigenvalue weighted by molar-refractivity contribution is 9.09. The van der Waals surface area contributed by atoms with Crippen molar-refractivity contribution in [3.8, 4) is 0 Å². The molecule has 10 nitrogen and oxygen atoms in total. The summed E-state index contributed by atoms with van der Waals surface area (Å²) in [5.74, 6) is -3.57. The number of allylic oxidation sites excluding steroid dienone is 1. The average molecular weight is 703 g/mol. The fourth-order valence-electron chi connectivity index (χ4n) is 7.33. The van der Waals surface area contributed by atoms with Gasteiger partial charge in [-0.25, -0.2) is 0 Å². The Kier molecular flexibility index (Phi) is 11.2. The van der Waals surface area contributed by atoms with Gasteiger partial charge in [0.05, 0.1) is 36.6 Å². The molecule has 3 saturated heterocycles. The maximum absolute atomic E-state index is 14.6. The first-order valence-electron chi connectivity index (χ1n) is 16.1. The highest BCUT2D eigenvalue weighted by Crippen LogP contribution is 2.61. The zero-order chi connectivity index (χ0) is 34.0. The maximum Gasteiger partial charge on any atom is 0.313 e. The van der Waals surface area contributed by atoms with Crippen LogP contribution in [0, 0.1) is 11.8 Å². The number of alkyl halides is 1. The molecule has 1 aromatic rings. The van der Waals surface area contributed by atoms with Gasteiger partial charge in [-0.05, 0) is 52.5 Å². The topological polar surface area (TPSA) is 125 Å². The van der Waals surface area contributed by atoms with Crippen molar-refractivity contribution in [3.05, 3.63) is 61.2 Å². The number of hydrogen-bond acceptors (Lipinski definition) is 7. The summed E-state index contributed by atoms with van der Waals surface area (Å²) in [5, 5.41) is 13.3. The second-order valence-corrected chi connectivity index (χ2v) is 14.7. The lowest BCUT2D eigenvalue weighted by molar-refractivity contribution is -0.162. The third-order valence-electron chi connectivity index (χ3n) is 9.49. The predicted octanol–water partition coefficient (Wildman–Crippen LogP) is 4.07. The number of carbonyl (C=O) groups is 4. The summed E-state index contributed by atoms with van der Waals surface area (Å²) >= 11 is 3.71. The molecule has 46 heavy (non-hydrogen) atoms. The van der Waals surface area contributed by atoms with Crippen molar-refractivity contribution in [2.24, 2.45) is 11.8 Å². The number of hydrogen-bond donors (Lipinski definition) is 2. The normalized spacial score (nSPS) is 28.6. The van der Waals surface area contributed by atoms with Gasteiger partial charge in [0.2, 0.25) is 17.7 Å². The molecule has 0 aromatic heterocycles. The van der Waals surface area contributed by atoms with Crippen molar-refractivity contribution in [2.75, 3.05) is 13.2 Å². The predicted molar refractivity (Wildman–Crippen MR) is 178 cm³/mol. The molecule has 2 bridgehead atoms. The van der Waals surface area contributed by atoms with Crippen molar-refractivity contribution in [1.29, 1.82) is 0 Å². The molecule has 9 atom stereocenters. The van der Waals surface area contributed by atoms with Crippen LogP contribution in [-0.2, 0) is 28.7 Å². The molecule has 2 N–H and O–H groups in total. The van der Waals surface area contributed by atoms with Crippen molar-refractivity contribution in [2.45, 2.75) is 107 Å². The van der Waals surface area contributed by atoms with Crippen LogP contribution in [-0.4, -0.2) is 91.9 Å². The Balaban J connectivity index is 1.74. The number of carbonyl (C=O) groups excluding carboxylic acids is 4. The van der Waals surface area contributed by atoms with Gasteiger partial charge < -0.3 is 29.7 Å². The lowest BCUT2D eigenvalue weighted by Gasteiger charge is -2.43. The summed E-state index contributed by atoms with van der Waals surface area (Å²) in [6.07, 6.45) is 3.24. The first-order valence-corrected chi connectivity index (χ1v) is 17.0. The van der Waals surface area contributed by atoms with Crippen molar-refractivity contribution >= 4 is 39.6 Å². The van der Waals surface area contributed by atoms with Gasteiger partial charge in [-0.3, -0.25) is 19.2 Å². The standard InChI is InChI=1S/C35H48BrN3O7/c1-8-11-17-25(41)37-21(4)28(22-15-13-12-14-16-22)45-33(44)26-27-31(42)39(23(10-3)20-40)30(35(27)19-24(36)29(26)46-35)32(43)38(18-9-2)34(5,6)7/h8-9,12-16,21,23-24,26-30,40H,1-2,10-11,17-20H2,3-7H3,(H,37,41)/t21-,23-,24?,26+,27-,28-,29+,30+,35-/m0/s1. The number of nitrogens with one attached hydrogen (secondary N) is 1. The van der Waals surface area contributed by atoms with Crippen molar-refractivity contribution in [1.82, 2.24) is 15.1 Å². The summed E-state index contributed by atoms with van der Waals surface area (Å²) in [7, 11) is 0. The quantitative estimate of drug-likeness (QED) is 0.170. The molecular formula is C35H48BrN3O7. The summed E-state index contributed by atoms with van der Waals surface area (Å²) in [5.41, 5.74) is -1.23. The summed E-state index contributed by atoms with van der Waals surface area (Å²) < 4.78 is 12.9. The smallest absolute Gasteiger partial charge is 0.313 e. The van der Waals surface area contributed by atoms with E-state index in [0.29, 0.717) is 24.8 Å². The zero-order valence-corrected chi connectivity index (χ0v) is 29.1. The molecule has 3 fully saturated rings. The minimum Gasteiger partial charge on any atom is -0.455 e. The van der Waals surface area contributed by atoms with Crippen LogP contribution in [0.2, 0.25) is 0 Å². The summed E-state index contributed by atoms with van der Waals surface area (Å²) in [6, 6.07) is 6.85. The molecule has 4 rings (SSSR count). The molecule has 1 unspecified atom stereocenters. The monoisotopic (exact) mass is 701 g/mol. The molecular weight excluding hydrogens is 654 g/mol. The van der Waals surface area contributed by atoms with E-state index in [9.17, 15) is 24.3 Å². The van der Waals surface area contributed by atoms with Crippen LogP contribution in [0.5, 0.6) is 0 Å². The molecule has 0 radical (unpaired) electrons. The highest BCUT2D eigenvalue weighted by Gasteiger charge is 2.77. The van der Waals surface area contributed by atoms with E-state index in [2.05, 4.69) is 34.4 Å². The number of likely N-dealkylation sites (tertiary alicyclic amines) is 1. The first-order chi connectivity index (χ1) is 21.8. The Morgan fingerprint density at radius 1 is 1.24 bits per heavy atom.